The van der Waals surface area contributed by atoms with E-state index >= 15 is 0 Å². The van der Waals surface area contributed by atoms with E-state index in [4.69, 9.17) is 5.11 Å². The van der Waals surface area contributed by atoms with Crippen molar-refractivity contribution in [2.75, 3.05) is 13.1 Å². The Morgan fingerprint density at radius 3 is 2.36 bits per heavy atom. The van der Waals surface area contributed by atoms with Gasteiger partial charge < -0.3 is 5.11 Å². The molecule has 1 fully saturated rings. The molecule has 1 aliphatic rings. The standard InChI is InChI=1S/C11H21NO2/c1-4-11(3,10(13)14)8-12(5-2)9-6-7-9/h9H,4-8H2,1-3H3,(H,13,14). The van der Waals surface area contributed by atoms with Crippen molar-refractivity contribution in [1.29, 1.82) is 0 Å². The zero-order valence-corrected chi connectivity index (χ0v) is 9.42. The lowest BCUT2D eigenvalue weighted by molar-refractivity contribution is -0.149. The SMILES string of the molecule is CCN(CC(C)(CC)C(=O)O)C1CC1. The van der Waals surface area contributed by atoms with Gasteiger partial charge in [0.25, 0.3) is 0 Å². The third kappa shape index (κ3) is 2.47. The lowest BCUT2D eigenvalue weighted by Crippen LogP contribution is -2.41. The third-order valence-electron chi connectivity index (χ3n) is 3.32. The zero-order valence-electron chi connectivity index (χ0n) is 9.42. The molecule has 0 amide bonds. The molecule has 0 spiro atoms. The Balaban J connectivity index is 2.57. The van der Waals surface area contributed by atoms with E-state index in [1.807, 2.05) is 13.8 Å². The maximum absolute atomic E-state index is 11.1. The second-order valence-electron chi connectivity index (χ2n) is 4.51. The van der Waals surface area contributed by atoms with E-state index in [-0.39, 0.29) is 0 Å². The molecule has 0 aliphatic heterocycles. The summed E-state index contributed by atoms with van der Waals surface area (Å²) in [4.78, 5) is 13.4. The smallest absolute Gasteiger partial charge is 0.310 e. The minimum absolute atomic E-state index is 0.571. The van der Waals surface area contributed by atoms with Gasteiger partial charge in [-0.05, 0) is 32.7 Å². The van der Waals surface area contributed by atoms with E-state index in [2.05, 4.69) is 11.8 Å². The highest BCUT2D eigenvalue weighted by molar-refractivity contribution is 5.74. The molecule has 82 valence electrons. The van der Waals surface area contributed by atoms with Gasteiger partial charge in [0, 0.05) is 12.6 Å². The number of carboxylic acid groups (broad SMARTS) is 1. The predicted octanol–water partition coefficient (Wildman–Crippen LogP) is 1.97. The fourth-order valence-electron chi connectivity index (χ4n) is 1.72. The van der Waals surface area contributed by atoms with Crippen LogP contribution in [-0.4, -0.2) is 35.1 Å². The quantitative estimate of drug-likeness (QED) is 0.711. The summed E-state index contributed by atoms with van der Waals surface area (Å²) in [6.45, 7) is 7.57. The Bertz CT molecular complexity index is 213. The lowest BCUT2D eigenvalue weighted by atomic mass is 9.87. The molecule has 1 unspecified atom stereocenters. The van der Waals surface area contributed by atoms with Gasteiger partial charge in [-0.15, -0.1) is 0 Å². The molecular formula is C11H21NO2. The van der Waals surface area contributed by atoms with Gasteiger partial charge in [-0.25, -0.2) is 0 Å². The van der Waals surface area contributed by atoms with Crippen LogP contribution < -0.4 is 0 Å². The molecule has 0 heterocycles. The van der Waals surface area contributed by atoms with Crippen molar-refractivity contribution < 1.29 is 9.90 Å². The van der Waals surface area contributed by atoms with Gasteiger partial charge in [0.05, 0.1) is 5.41 Å². The summed E-state index contributed by atoms with van der Waals surface area (Å²) in [6, 6.07) is 0.658. The highest BCUT2D eigenvalue weighted by Crippen LogP contribution is 2.31. The molecule has 1 N–H and O–H groups in total. The van der Waals surface area contributed by atoms with Crippen LogP contribution in [0.4, 0.5) is 0 Å². The van der Waals surface area contributed by atoms with Crippen LogP contribution >= 0.6 is 0 Å². The van der Waals surface area contributed by atoms with E-state index in [0.29, 0.717) is 19.0 Å². The number of carbonyl (C=O) groups is 1. The van der Waals surface area contributed by atoms with Crippen molar-refractivity contribution in [3.05, 3.63) is 0 Å². The maximum atomic E-state index is 11.1. The van der Waals surface area contributed by atoms with E-state index < -0.39 is 11.4 Å². The fraction of sp³-hybridized carbons (Fsp3) is 0.909. The van der Waals surface area contributed by atoms with E-state index in [1.165, 1.54) is 12.8 Å². The Hall–Kier alpha value is -0.570. The molecule has 0 aromatic rings. The van der Waals surface area contributed by atoms with Gasteiger partial charge in [-0.1, -0.05) is 13.8 Å². The molecule has 0 aromatic carbocycles. The van der Waals surface area contributed by atoms with Crippen LogP contribution in [-0.2, 0) is 4.79 Å². The molecule has 1 rings (SSSR count). The summed E-state index contributed by atoms with van der Waals surface area (Å²) in [5, 5.41) is 9.15. The van der Waals surface area contributed by atoms with E-state index in [9.17, 15) is 4.79 Å². The minimum Gasteiger partial charge on any atom is -0.481 e. The maximum Gasteiger partial charge on any atom is 0.310 e. The Labute approximate surface area is 86.1 Å². The monoisotopic (exact) mass is 199 g/mol. The first kappa shape index (κ1) is 11.5. The average molecular weight is 199 g/mol. The first-order chi connectivity index (χ1) is 6.53. The molecule has 3 nitrogen and oxygen atoms in total. The van der Waals surface area contributed by atoms with Gasteiger partial charge >= 0.3 is 5.97 Å². The first-order valence-electron chi connectivity index (χ1n) is 5.51. The average Bonchev–Trinajstić information content (AvgIpc) is 2.96. The molecule has 0 saturated heterocycles. The number of rotatable bonds is 6. The molecule has 0 radical (unpaired) electrons. The summed E-state index contributed by atoms with van der Waals surface area (Å²) in [7, 11) is 0. The van der Waals surface area contributed by atoms with Gasteiger partial charge in [0.1, 0.15) is 0 Å². The predicted molar refractivity (Wildman–Crippen MR) is 56.3 cm³/mol. The number of nitrogens with zero attached hydrogens (tertiary/aromatic N) is 1. The highest BCUT2D eigenvalue weighted by atomic mass is 16.4. The lowest BCUT2D eigenvalue weighted by Gasteiger charge is -2.30. The summed E-state index contributed by atoms with van der Waals surface area (Å²) >= 11 is 0. The summed E-state index contributed by atoms with van der Waals surface area (Å²) in [5.74, 6) is -0.667. The number of aliphatic carboxylic acids is 1. The highest BCUT2D eigenvalue weighted by Gasteiger charge is 2.37. The Kier molecular flexibility index (Phi) is 3.53. The minimum atomic E-state index is -0.667. The van der Waals surface area contributed by atoms with Gasteiger partial charge in [0.2, 0.25) is 0 Å². The summed E-state index contributed by atoms with van der Waals surface area (Å²) in [5.41, 5.74) is -0.571. The number of hydrogen-bond donors (Lipinski definition) is 1. The van der Waals surface area contributed by atoms with Crippen LogP contribution in [0.15, 0.2) is 0 Å². The second-order valence-corrected chi connectivity index (χ2v) is 4.51. The normalized spacial score (nSPS) is 20.9. The van der Waals surface area contributed by atoms with Crippen molar-refractivity contribution >= 4 is 5.97 Å². The molecular weight excluding hydrogens is 178 g/mol. The van der Waals surface area contributed by atoms with Crippen LogP contribution in [0.25, 0.3) is 0 Å². The molecule has 1 aliphatic carbocycles. The number of hydrogen-bond acceptors (Lipinski definition) is 2. The topological polar surface area (TPSA) is 40.5 Å². The molecule has 0 aromatic heterocycles. The Morgan fingerprint density at radius 1 is 1.50 bits per heavy atom. The van der Waals surface area contributed by atoms with Gasteiger partial charge in [-0.3, -0.25) is 9.69 Å². The third-order valence-corrected chi connectivity index (χ3v) is 3.32. The van der Waals surface area contributed by atoms with Crippen LogP contribution in [0.1, 0.15) is 40.0 Å². The van der Waals surface area contributed by atoms with E-state index in [1.54, 1.807) is 0 Å². The zero-order chi connectivity index (χ0) is 10.8. The largest absolute Gasteiger partial charge is 0.481 e. The molecule has 3 heteroatoms. The van der Waals surface area contributed by atoms with E-state index in [0.717, 1.165) is 6.54 Å². The van der Waals surface area contributed by atoms with Crippen LogP contribution in [0, 0.1) is 5.41 Å². The molecule has 14 heavy (non-hydrogen) atoms. The summed E-state index contributed by atoms with van der Waals surface area (Å²) < 4.78 is 0. The van der Waals surface area contributed by atoms with Crippen molar-refractivity contribution in [2.45, 2.75) is 46.1 Å². The van der Waals surface area contributed by atoms with Crippen LogP contribution in [0.2, 0.25) is 0 Å². The van der Waals surface area contributed by atoms with Crippen molar-refractivity contribution in [3.8, 4) is 0 Å². The van der Waals surface area contributed by atoms with Crippen molar-refractivity contribution in [3.63, 3.8) is 0 Å². The molecule has 0 bridgehead atoms. The van der Waals surface area contributed by atoms with Crippen molar-refractivity contribution in [1.82, 2.24) is 4.90 Å². The van der Waals surface area contributed by atoms with Gasteiger partial charge in [-0.2, -0.15) is 0 Å². The van der Waals surface area contributed by atoms with Crippen molar-refractivity contribution in [2.24, 2.45) is 5.41 Å². The Morgan fingerprint density at radius 2 is 2.07 bits per heavy atom. The van der Waals surface area contributed by atoms with Crippen LogP contribution in [0.5, 0.6) is 0 Å². The summed E-state index contributed by atoms with van der Waals surface area (Å²) in [6.07, 6.45) is 3.19. The number of carboxylic acids is 1. The molecule has 1 saturated carbocycles. The first-order valence-corrected chi connectivity index (χ1v) is 5.51. The molecule has 1 atom stereocenters. The second kappa shape index (κ2) is 4.30. The van der Waals surface area contributed by atoms with Crippen LogP contribution in [0.3, 0.4) is 0 Å². The van der Waals surface area contributed by atoms with Gasteiger partial charge in [0.15, 0.2) is 0 Å². The fourth-order valence-corrected chi connectivity index (χ4v) is 1.72.